The Morgan fingerprint density at radius 2 is 1.94 bits per heavy atom. The zero-order chi connectivity index (χ0) is 12.4. The summed E-state index contributed by atoms with van der Waals surface area (Å²) in [4.78, 5) is 2.52. The van der Waals surface area contributed by atoms with Crippen LogP contribution in [0, 0.1) is 0 Å². The Hall–Kier alpha value is -0.860. The van der Waals surface area contributed by atoms with Crippen molar-refractivity contribution in [2.45, 2.75) is 51.7 Å². The summed E-state index contributed by atoms with van der Waals surface area (Å²) in [5, 5.41) is 0. The summed E-state index contributed by atoms with van der Waals surface area (Å²) in [7, 11) is 0. The van der Waals surface area contributed by atoms with Gasteiger partial charge in [-0.2, -0.15) is 0 Å². The molecule has 1 fully saturated rings. The van der Waals surface area contributed by atoms with Crippen LogP contribution < -0.4 is 5.73 Å². The maximum absolute atomic E-state index is 6.27. The Labute approximate surface area is 105 Å². The summed E-state index contributed by atoms with van der Waals surface area (Å²) in [6, 6.07) is 10.2. The molecule has 0 saturated carbocycles. The van der Waals surface area contributed by atoms with Gasteiger partial charge < -0.3 is 5.73 Å². The van der Waals surface area contributed by atoms with Crippen LogP contribution in [0.5, 0.6) is 0 Å². The third-order valence-corrected chi connectivity index (χ3v) is 3.88. The van der Waals surface area contributed by atoms with Crippen molar-refractivity contribution >= 4 is 0 Å². The molecule has 0 aliphatic carbocycles. The number of hydrogen-bond donors (Lipinski definition) is 1. The average molecular weight is 232 g/mol. The lowest BCUT2D eigenvalue weighted by molar-refractivity contribution is 0.198. The summed E-state index contributed by atoms with van der Waals surface area (Å²) in [6.45, 7) is 7.83. The number of aryl methyl sites for hydroxylation is 1. The molecule has 94 valence electrons. The van der Waals surface area contributed by atoms with E-state index in [1.54, 1.807) is 0 Å². The second kappa shape index (κ2) is 5.19. The molecular weight excluding hydrogens is 208 g/mol. The average Bonchev–Trinajstić information content (AvgIpc) is 2.71. The van der Waals surface area contributed by atoms with Crippen LogP contribution in [-0.2, 0) is 6.42 Å². The van der Waals surface area contributed by atoms with E-state index in [0.29, 0.717) is 12.1 Å². The number of rotatable bonds is 3. The van der Waals surface area contributed by atoms with Crippen LogP contribution in [0.25, 0.3) is 0 Å². The van der Waals surface area contributed by atoms with Crippen molar-refractivity contribution in [1.29, 1.82) is 0 Å². The molecule has 2 heteroatoms. The summed E-state index contributed by atoms with van der Waals surface area (Å²) in [5.41, 5.74) is 9.04. The predicted molar refractivity (Wildman–Crippen MR) is 73.0 cm³/mol. The summed E-state index contributed by atoms with van der Waals surface area (Å²) >= 11 is 0. The fraction of sp³-hybridized carbons (Fsp3) is 0.600. The van der Waals surface area contributed by atoms with Gasteiger partial charge in [0.1, 0.15) is 0 Å². The van der Waals surface area contributed by atoms with Gasteiger partial charge in [0.15, 0.2) is 0 Å². The molecule has 2 N–H and O–H groups in total. The van der Waals surface area contributed by atoms with E-state index in [0.717, 1.165) is 19.4 Å². The molecule has 2 nitrogen and oxygen atoms in total. The SMILES string of the molecule is CCc1ccc([C@@H]2[C@@H](N)CCN2C(C)C)cc1. The van der Waals surface area contributed by atoms with Crippen molar-refractivity contribution in [3.63, 3.8) is 0 Å². The molecule has 0 amide bonds. The Bertz CT molecular complexity index is 356. The maximum Gasteiger partial charge on any atom is 0.0502 e. The van der Waals surface area contributed by atoms with Gasteiger partial charge >= 0.3 is 0 Å². The summed E-state index contributed by atoms with van der Waals surface area (Å²) < 4.78 is 0. The maximum atomic E-state index is 6.27. The lowest BCUT2D eigenvalue weighted by Crippen LogP contribution is -2.35. The largest absolute Gasteiger partial charge is 0.326 e. The van der Waals surface area contributed by atoms with E-state index in [1.807, 2.05) is 0 Å². The highest BCUT2D eigenvalue weighted by atomic mass is 15.2. The van der Waals surface area contributed by atoms with Crippen LogP contribution in [0.1, 0.15) is 44.4 Å². The van der Waals surface area contributed by atoms with E-state index in [2.05, 4.69) is 49.9 Å². The van der Waals surface area contributed by atoms with Gasteiger partial charge in [0.2, 0.25) is 0 Å². The van der Waals surface area contributed by atoms with E-state index in [1.165, 1.54) is 11.1 Å². The van der Waals surface area contributed by atoms with Gasteiger partial charge in [-0.25, -0.2) is 0 Å². The first kappa shape index (κ1) is 12.6. The molecule has 1 aromatic carbocycles. The van der Waals surface area contributed by atoms with Gasteiger partial charge in [-0.3, -0.25) is 4.90 Å². The zero-order valence-electron chi connectivity index (χ0n) is 11.2. The first-order valence-electron chi connectivity index (χ1n) is 6.73. The molecule has 1 aliphatic heterocycles. The van der Waals surface area contributed by atoms with Crippen molar-refractivity contribution in [2.24, 2.45) is 5.73 Å². The lowest BCUT2D eigenvalue weighted by Gasteiger charge is -2.30. The van der Waals surface area contributed by atoms with Gasteiger partial charge in [0.05, 0.1) is 6.04 Å². The molecular formula is C15H24N2. The van der Waals surface area contributed by atoms with Crippen molar-refractivity contribution in [3.05, 3.63) is 35.4 Å². The minimum atomic E-state index is 0.282. The molecule has 0 bridgehead atoms. The Kier molecular flexibility index (Phi) is 3.85. The molecule has 1 saturated heterocycles. The molecule has 1 aliphatic rings. The number of nitrogens with zero attached hydrogens (tertiary/aromatic N) is 1. The second-order valence-electron chi connectivity index (χ2n) is 5.32. The normalized spacial score (nSPS) is 25.7. The minimum Gasteiger partial charge on any atom is -0.326 e. The van der Waals surface area contributed by atoms with Crippen LogP contribution in [0.3, 0.4) is 0 Å². The summed E-state index contributed by atoms with van der Waals surface area (Å²) in [6.07, 6.45) is 2.21. The smallest absolute Gasteiger partial charge is 0.0502 e. The van der Waals surface area contributed by atoms with E-state index in [4.69, 9.17) is 5.73 Å². The molecule has 2 atom stereocenters. The van der Waals surface area contributed by atoms with E-state index in [-0.39, 0.29) is 6.04 Å². The van der Waals surface area contributed by atoms with Gasteiger partial charge in [0.25, 0.3) is 0 Å². The second-order valence-corrected chi connectivity index (χ2v) is 5.32. The lowest BCUT2D eigenvalue weighted by atomic mass is 9.98. The van der Waals surface area contributed by atoms with E-state index < -0.39 is 0 Å². The highest BCUT2D eigenvalue weighted by molar-refractivity contribution is 5.27. The topological polar surface area (TPSA) is 29.3 Å². The van der Waals surface area contributed by atoms with Crippen molar-refractivity contribution in [3.8, 4) is 0 Å². The van der Waals surface area contributed by atoms with Crippen LogP contribution in [0.4, 0.5) is 0 Å². The molecule has 0 radical (unpaired) electrons. The Morgan fingerprint density at radius 1 is 1.29 bits per heavy atom. The monoisotopic (exact) mass is 232 g/mol. The number of nitrogens with two attached hydrogens (primary N) is 1. The first-order valence-corrected chi connectivity index (χ1v) is 6.73. The van der Waals surface area contributed by atoms with E-state index in [9.17, 15) is 0 Å². The highest BCUT2D eigenvalue weighted by Gasteiger charge is 2.33. The van der Waals surface area contributed by atoms with Gasteiger partial charge in [-0.15, -0.1) is 0 Å². The van der Waals surface area contributed by atoms with Gasteiger partial charge in [-0.05, 0) is 37.8 Å². The third kappa shape index (κ3) is 2.53. The number of likely N-dealkylation sites (tertiary alicyclic amines) is 1. The fourth-order valence-corrected chi connectivity index (χ4v) is 2.81. The Balaban J connectivity index is 2.23. The van der Waals surface area contributed by atoms with Crippen LogP contribution in [0.2, 0.25) is 0 Å². The van der Waals surface area contributed by atoms with Crippen molar-refractivity contribution < 1.29 is 0 Å². The molecule has 0 unspecified atom stereocenters. The quantitative estimate of drug-likeness (QED) is 0.868. The van der Waals surface area contributed by atoms with Crippen LogP contribution in [0.15, 0.2) is 24.3 Å². The first-order chi connectivity index (χ1) is 8.13. The molecule has 1 heterocycles. The minimum absolute atomic E-state index is 0.282. The number of hydrogen-bond acceptors (Lipinski definition) is 2. The molecule has 0 spiro atoms. The predicted octanol–water partition coefficient (Wildman–Crippen LogP) is 2.73. The highest BCUT2D eigenvalue weighted by Crippen LogP contribution is 2.32. The molecule has 1 aromatic rings. The zero-order valence-corrected chi connectivity index (χ0v) is 11.2. The van der Waals surface area contributed by atoms with Crippen molar-refractivity contribution in [2.75, 3.05) is 6.54 Å². The molecule has 0 aromatic heterocycles. The number of benzene rings is 1. The third-order valence-electron chi connectivity index (χ3n) is 3.88. The van der Waals surface area contributed by atoms with Gasteiger partial charge in [-0.1, -0.05) is 31.2 Å². The molecule has 2 rings (SSSR count). The van der Waals surface area contributed by atoms with Crippen molar-refractivity contribution in [1.82, 2.24) is 4.90 Å². The van der Waals surface area contributed by atoms with Crippen LogP contribution >= 0.6 is 0 Å². The molecule has 17 heavy (non-hydrogen) atoms. The van der Waals surface area contributed by atoms with Gasteiger partial charge in [0, 0.05) is 18.6 Å². The fourth-order valence-electron chi connectivity index (χ4n) is 2.81. The standard InChI is InChI=1S/C15H24N2/c1-4-12-5-7-13(8-6-12)15-14(16)9-10-17(15)11(2)3/h5-8,11,14-15H,4,9-10,16H2,1-3H3/t14-,15+/m0/s1. The summed E-state index contributed by atoms with van der Waals surface area (Å²) in [5.74, 6) is 0. The van der Waals surface area contributed by atoms with E-state index >= 15 is 0 Å². The Morgan fingerprint density at radius 3 is 2.47 bits per heavy atom. The van der Waals surface area contributed by atoms with Crippen LogP contribution in [-0.4, -0.2) is 23.5 Å².